The number of nitrogen functional groups attached to an aromatic ring is 1. The molecule has 0 radical (unpaired) electrons. The highest BCUT2D eigenvalue weighted by Gasteiger charge is 2.10. The molecule has 0 aliphatic carbocycles. The lowest BCUT2D eigenvalue weighted by Crippen LogP contribution is -2.09. The van der Waals surface area contributed by atoms with Crippen molar-refractivity contribution in [1.82, 2.24) is 9.97 Å². The van der Waals surface area contributed by atoms with Gasteiger partial charge in [0.25, 0.3) is 0 Å². The van der Waals surface area contributed by atoms with Crippen LogP contribution >= 0.6 is 0 Å². The van der Waals surface area contributed by atoms with Crippen molar-refractivity contribution in [3.05, 3.63) is 36.2 Å². The van der Waals surface area contributed by atoms with Crippen LogP contribution in [0.25, 0.3) is 0 Å². The Morgan fingerprint density at radius 1 is 1.32 bits per heavy atom. The summed E-state index contributed by atoms with van der Waals surface area (Å²) >= 11 is 0. The van der Waals surface area contributed by atoms with Gasteiger partial charge in [-0.15, -0.1) is 0 Å². The van der Waals surface area contributed by atoms with Gasteiger partial charge in [0.05, 0.1) is 12.7 Å². The third-order valence-corrected chi connectivity index (χ3v) is 2.43. The molecule has 0 bridgehead atoms. The second-order valence-electron chi connectivity index (χ2n) is 3.55. The van der Waals surface area contributed by atoms with Crippen molar-refractivity contribution >= 4 is 17.3 Å². The summed E-state index contributed by atoms with van der Waals surface area (Å²) in [5, 5.41) is 12.1. The number of nitriles is 1. The third kappa shape index (κ3) is 2.70. The maximum absolute atomic E-state index is 9.11. The van der Waals surface area contributed by atoms with Gasteiger partial charge in [-0.05, 0) is 12.1 Å². The van der Waals surface area contributed by atoms with Crippen molar-refractivity contribution in [2.45, 2.75) is 0 Å². The van der Waals surface area contributed by atoms with Crippen LogP contribution in [0, 0.1) is 11.3 Å². The van der Waals surface area contributed by atoms with Gasteiger partial charge < -0.3 is 15.5 Å². The smallest absolute Gasteiger partial charge is 0.145 e. The molecule has 0 amide bonds. The molecule has 0 saturated heterocycles. The molecule has 1 aromatic carbocycles. The fourth-order valence-corrected chi connectivity index (χ4v) is 1.56. The summed E-state index contributed by atoms with van der Waals surface area (Å²) in [6, 6.07) is 8.90. The SMILES string of the molecule is COc1cccc(C#N)c1Nc1cc(NN)ncn1. The molecule has 7 heteroatoms. The molecule has 0 spiro atoms. The van der Waals surface area contributed by atoms with E-state index in [-0.39, 0.29) is 0 Å². The third-order valence-electron chi connectivity index (χ3n) is 2.43. The second kappa shape index (κ2) is 5.66. The van der Waals surface area contributed by atoms with Gasteiger partial charge in [0, 0.05) is 6.07 Å². The van der Waals surface area contributed by atoms with Crippen LogP contribution in [-0.4, -0.2) is 17.1 Å². The highest BCUT2D eigenvalue weighted by molar-refractivity contribution is 5.72. The molecule has 0 saturated carbocycles. The molecule has 1 heterocycles. The van der Waals surface area contributed by atoms with Gasteiger partial charge in [-0.3, -0.25) is 0 Å². The highest BCUT2D eigenvalue weighted by atomic mass is 16.5. The number of para-hydroxylation sites is 1. The molecule has 0 unspecified atom stereocenters. The topological polar surface area (TPSA) is 109 Å². The van der Waals surface area contributed by atoms with E-state index in [4.69, 9.17) is 15.8 Å². The van der Waals surface area contributed by atoms with E-state index in [0.717, 1.165) is 0 Å². The van der Waals surface area contributed by atoms with Gasteiger partial charge in [-0.2, -0.15) is 5.26 Å². The first-order valence-electron chi connectivity index (χ1n) is 5.41. The number of rotatable bonds is 4. The summed E-state index contributed by atoms with van der Waals surface area (Å²) in [6.45, 7) is 0. The molecule has 0 aliphatic heterocycles. The van der Waals surface area contributed by atoms with Gasteiger partial charge in [-0.1, -0.05) is 6.07 Å². The summed E-state index contributed by atoms with van der Waals surface area (Å²) in [7, 11) is 1.54. The summed E-state index contributed by atoms with van der Waals surface area (Å²) in [5.74, 6) is 6.80. The first-order chi connectivity index (χ1) is 9.28. The molecule has 96 valence electrons. The maximum Gasteiger partial charge on any atom is 0.145 e. The van der Waals surface area contributed by atoms with Crippen molar-refractivity contribution in [3.8, 4) is 11.8 Å². The van der Waals surface area contributed by atoms with Crippen LogP contribution in [0.4, 0.5) is 17.3 Å². The van der Waals surface area contributed by atoms with Crippen molar-refractivity contribution in [1.29, 1.82) is 5.26 Å². The Kier molecular flexibility index (Phi) is 3.75. The zero-order chi connectivity index (χ0) is 13.7. The number of hydrazine groups is 1. The minimum absolute atomic E-state index is 0.459. The van der Waals surface area contributed by atoms with Crippen molar-refractivity contribution < 1.29 is 4.74 Å². The van der Waals surface area contributed by atoms with Gasteiger partial charge in [0.2, 0.25) is 0 Å². The van der Waals surface area contributed by atoms with Crippen LogP contribution in [-0.2, 0) is 0 Å². The Labute approximate surface area is 110 Å². The molecule has 2 aromatic rings. The number of hydrogen-bond donors (Lipinski definition) is 3. The second-order valence-corrected chi connectivity index (χ2v) is 3.55. The number of nitrogens with zero attached hydrogens (tertiary/aromatic N) is 3. The van der Waals surface area contributed by atoms with Gasteiger partial charge in [0.1, 0.15) is 35.5 Å². The predicted octanol–water partition coefficient (Wildman–Crippen LogP) is 1.39. The van der Waals surface area contributed by atoms with E-state index in [1.807, 2.05) is 0 Å². The Balaban J connectivity index is 2.39. The Morgan fingerprint density at radius 3 is 2.79 bits per heavy atom. The zero-order valence-corrected chi connectivity index (χ0v) is 10.2. The average molecular weight is 256 g/mol. The minimum atomic E-state index is 0.459. The Bertz CT molecular complexity index is 622. The summed E-state index contributed by atoms with van der Waals surface area (Å²) in [5.41, 5.74) is 3.43. The van der Waals surface area contributed by atoms with Crippen LogP contribution in [0.15, 0.2) is 30.6 Å². The minimum Gasteiger partial charge on any atom is -0.495 e. The molecule has 19 heavy (non-hydrogen) atoms. The number of hydrogen-bond acceptors (Lipinski definition) is 7. The number of nitrogens with one attached hydrogen (secondary N) is 2. The lowest BCUT2D eigenvalue weighted by molar-refractivity contribution is 0.416. The van der Waals surface area contributed by atoms with Crippen molar-refractivity contribution in [3.63, 3.8) is 0 Å². The first-order valence-corrected chi connectivity index (χ1v) is 5.41. The van der Waals surface area contributed by atoms with Gasteiger partial charge in [-0.25, -0.2) is 15.8 Å². The summed E-state index contributed by atoms with van der Waals surface area (Å²) in [6.07, 6.45) is 1.36. The molecule has 0 atom stereocenters. The molecular weight excluding hydrogens is 244 g/mol. The van der Waals surface area contributed by atoms with E-state index < -0.39 is 0 Å². The molecule has 0 fully saturated rings. The molecule has 4 N–H and O–H groups in total. The number of nitrogens with two attached hydrogens (primary N) is 1. The Morgan fingerprint density at radius 2 is 2.11 bits per heavy atom. The quantitative estimate of drug-likeness (QED) is 0.560. The largest absolute Gasteiger partial charge is 0.495 e. The number of anilines is 3. The van der Waals surface area contributed by atoms with E-state index in [0.29, 0.717) is 28.6 Å². The van der Waals surface area contributed by atoms with Crippen LogP contribution < -0.4 is 21.3 Å². The lowest BCUT2D eigenvalue weighted by Gasteiger charge is -2.12. The van der Waals surface area contributed by atoms with E-state index in [2.05, 4.69) is 26.8 Å². The van der Waals surface area contributed by atoms with Crippen molar-refractivity contribution in [2.75, 3.05) is 17.9 Å². The maximum atomic E-state index is 9.11. The van der Waals surface area contributed by atoms with Crippen molar-refractivity contribution in [2.24, 2.45) is 5.84 Å². The molecule has 2 rings (SSSR count). The highest BCUT2D eigenvalue weighted by Crippen LogP contribution is 2.30. The fraction of sp³-hybridized carbons (Fsp3) is 0.0833. The fourth-order valence-electron chi connectivity index (χ4n) is 1.56. The lowest BCUT2D eigenvalue weighted by atomic mass is 10.2. The molecule has 0 aliphatic rings. The van der Waals surface area contributed by atoms with E-state index in [1.165, 1.54) is 13.4 Å². The van der Waals surface area contributed by atoms with Crippen LogP contribution in [0.2, 0.25) is 0 Å². The van der Waals surface area contributed by atoms with Gasteiger partial charge >= 0.3 is 0 Å². The van der Waals surface area contributed by atoms with Crippen LogP contribution in [0.5, 0.6) is 5.75 Å². The standard InChI is InChI=1S/C12H12N6O/c1-19-9-4-2-3-8(6-13)12(9)17-10-5-11(18-14)16-7-15-10/h2-5,7H,14H2,1H3,(H2,15,16,17,18). The molecule has 7 nitrogen and oxygen atoms in total. The van der Waals surface area contributed by atoms with Crippen LogP contribution in [0.1, 0.15) is 5.56 Å². The predicted molar refractivity (Wildman–Crippen MR) is 70.8 cm³/mol. The van der Waals surface area contributed by atoms with Crippen LogP contribution in [0.3, 0.4) is 0 Å². The number of ether oxygens (including phenoxy) is 1. The Hall–Kier alpha value is -2.85. The van der Waals surface area contributed by atoms with E-state index in [1.54, 1.807) is 24.3 Å². The summed E-state index contributed by atoms with van der Waals surface area (Å²) < 4.78 is 5.22. The normalized spacial score (nSPS) is 9.53. The number of methoxy groups -OCH3 is 1. The average Bonchev–Trinajstić information content (AvgIpc) is 2.47. The van der Waals surface area contributed by atoms with Gasteiger partial charge in [0.15, 0.2) is 0 Å². The monoisotopic (exact) mass is 256 g/mol. The van der Waals surface area contributed by atoms with E-state index in [9.17, 15) is 0 Å². The number of aromatic nitrogens is 2. The summed E-state index contributed by atoms with van der Waals surface area (Å²) in [4.78, 5) is 7.95. The molecule has 1 aromatic heterocycles. The van der Waals surface area contributed by atoms with E-state index >= 15 is 0 Å². The zero-order valence-electron chi connectivity index (χ0n) is 10.2. The molecular formula is C12H12N6O. The number of benzene rings is 1. The first kappa shape index (κ1) is 12.6.